The lowest BCUT2D eigenvalue weighted by Crippen LogP contribution is -2.45. The van der Waals surface area contributed by atoms with Crippen molar-refractivity contribution in [3.05, 3.63) is 120 Å². The van der Waals surface area contributed by atoms with Gasteiger partial charge in [0.15, 0.2) is 0 Å². The molecule has 0 unspecified atom stereocenters. The first-order valence-electron chi connectivity index (χ1n) is 14.7. The molecule has 4 aromatic rings. The molecule has 1 aromatic heterocycles. The third kappa shape index (κ3) is 5.21. The Hall–Kier alpha value is -4.64. The number of amides is 2. The lowest BCUT2D eigenvalue weighted by molar-refractivity contribution is -0.123. The second-order valence-corrected chi connectivity index (χ2v) is 11.3. The average Bonchev–Trinajstić information content (AvgIpc) is 3.63. The highest BCUT2D eigenvalue weighted by molar-refractivity contribution is 6.53. The van der Waals surface area contributed by atoms with Crippen molar-refractivity contribution < 1.29 is 33.5 Å². The Balaban J connectivity index is 1.19. The van der Waals surface area contributed by atoms with E-state index in [9.17, 15) is 19.7 Å². The Morgan fingerprint density at radius 1 is 0.864 bits per heavy atom. The van der Waals surface area contributed by atoms with Crippen molar-refractivity contribution in [2.75, 3.05) is 16.8 Å². The molecule has 44 heavy (non-hydrogen) atoms. The second kappa shape index (κ2) is 11.8. The number of nitrogens with one attached hydrogen (secondary N) is 1. The molecule has 9 nitrogen and oxygen atoms in total. The lowest BCUT2D eigenvalue weighted by atomic mass is 9.55. The van der Waals surface area contributed by atoms with Crippen LogP contribution in [-0.4, -0.2) is 35.7 Å². The number of rotatable bonds is 8. The number of aliphatic hydroxyl groups is 1. The van der Waals surface area contributed by atoms with Gasteiger partial charge >= 0.3 is 7.12 Å². The lowest BCUT2D eigenvalue weighted by Gasteiger charge is -2.41. The number of imide groups is 1. The minimum atomic E-state index is -1.31. The van der Waals surface area contributed by atoms with Gasteiger partial charge in [-0.1, -0.05) is 36.4 Å². The monoisotopic (exact) mass is 590 g/mol. The molecule has 2 amide bonds. The predicted octanol–water partition coefficient (Wildman–Crippen LogP) is 5.20. The topological polar surface area (TPSA) is 121 Å². The van der Waals surface area contributed by atoms with Gasteiger partial charge in [0.05, 0.1) is 17.5 Å². The molecule has 2 saturated heterocycles. The molecule has 2 fully saturated rings. The highest BCUT2D eigenvalue weighted by atomic mass is 16.5. The van der Waals surface area contributed by atoms with Crippen LogP contribution in [0.15, 0.2) is 113 Å². The molecule has 4 atom stereocenters. The molecule has 0 radical (unpaired) electrons. The highest BCUT2D eigenvalue weighted by Crippen LogP contribution is 2.52. The van der Waals surface area contributed by atoms with Gasteiger partial charge in [0, 0.05) is 11.4 Å². The van der Waals surface area contributed by atoms with Crippen LogP contribution >= 0.6 is 0 Å². The number of fused-ring (bicyclic) bond motifs is 3. The maximum Gasteiger partial charge on any atom is 0.487 e. The zero-order chi connectivity index (χ0) is 30.2. The average molecular weight is 590 g/mol. The summed E-state index contributed by atoms with van der Waals surface area (Å²) in [6, 6.07) is 29.7. The number of nitrogens with zero attached hydrogens (tertiary/aromatic N) is 1. The smallest absolute Gasteiger partial charge is 0.487 e. The second-order valence-electron chi connectivity index (χ2n) is 11.3. The fourth-order valence-corrected chi connectivity index (χ4v) is 6.70. The summed E-state index contributed by atoms with van der Waals surface area (Å²) >= 11 is 0. The Kier molecular flexibility index (Phi) is 7.55. The number of allylic oxidation sites excluding steroid dienone is 1. The summed E-state index contributed by atoms with van der Waals surface area (Å²) in [6.07, 6.45) is -0.0547. The fourth-order valence-electron chi connectivity index (χ4n) is 6.70. The van der Waals surface area contributed by atoms with Gasteiger partial charge in [-0.05, 0) is 90.5 Å². The molecule has 1 aliphatic carbocycles. The highest BCUT2D eigenvalue weighted by Gasteiger charge is 2.58. The van der Waals surface area contributed by atoms with Crippen molar-refractivity contribution in [1.29, 1.82) is 0 Å². The van der Waals surface area contributed by atoms with E-state index in [-0.39, 0.29) is 31.4 Å². The van der Waals surface area contributed by atoms with Crippen LogP contribution in [0.25, 0.3) is 0 Å². The number of hydrogen-bond donors (Lipinski definition) is 3. The standard InChI is InChI=1S/C34H31BN2O7/c38-19-26-15-16-29(43-26)30-18-27-31-28(17-21(32(27)35(41)44-30)20-42-25-9-5-2-6-10-25)33(39)37(34(31)40)24-13-11-23(12-14-24)36-22-7-3-1-4-8-22/h1-16,27-28,30-31,36,38,41H,17-20H2/t27-,28-,30-,31+/m0/s1. The minimum Gasteiger partial charge on any atom is -0.489 e. The SMILES string of the molecule is O=C1[C@H]2[C@H](CC(COc3ccccc3)=C3B(O)O[C@H](c4ccc(CO)o4)C[C@H]32)C(=O)N1c1ccc(Nc2ccccc2)cc1. The predicted molar refractivity (Wildman–Crippen MR) is 164 cm³/mol. The first-order chi connectivity index (χ1) is 21.5. The van der Waals surface area contributed by atoms with Crippen LogP contribution in [0.1, 0.15) is 30.5 Å². The summed E-state index contributed by atoms with van der Waals surface area (Å²) in [5.41, 5.74) is 3.61. The van der Waals surface area contributed by atoms with Gasteiger partial charge in [-0.15, -0.1) is 0 Å². The normalized spacial score (nSPS) is 23.0. The van der Waals surface area contributed by atoms with Gasteiger partial charge < -0.3 is 29.3 Å². The molecule has 3 heterocycles. The van der Waals surface area contributed by atoms with Gasteiger partial charge in [-0.2, -0.15) is 0 Å². The van der Waals surface area contributed by atoms with Crippen LogP contribution in [-0.2, 0) is 20.9 Å². The third-order valence-corrected chi connectivity index (χ3v) is 8.71. The van der Waals surface area contributed by atoms with E-state index >= 15 is 0 Å². The van der Waals surface area contributed by atoms with E-state index in [4.69, 9.17) is 13.8 Å². The number of carbonyl (C=O) groups is 2. The van der Waals surface area contributed by atoms with Crippen molar-refractivity contribution >= 4 is 36.0 Å². The van der Waals surface area contributed by atoms with E-state index in [0.717, 1.165) is 16.9 Å². The number of furan rings is 1. The van der Waals surface area contributed by atoms with E-state index in [0.29, 0.717) is 34.9 Å². The minimum absolute atomic E-state index is 0.154. The summed E-state index contributed by atoms with van der Waals surface area (Å²) in [6.45, 7) is -0.113. The van der Waals surface area contributed by atoms with Crippen molar-refractivity contribution in [3.8, 4) is 5.75 Å². The number of carbonyl (C=O) groups excluding carboxylic acids is 2. The number of benzene rings is 3. The zero-order valence-electron chi connectivity index (χ0n) is 23.8. The van der Waals surface area contributed by atoms with Crippen LogP contribution in [0, 0.1) is 17.8 Å². The molecule has 0 spiro atoms. The largest absolute Gasteiger partial charge is 0.489 e. The van der Waals surface area contributed by atoms with Gasteiger partial charge in [0.1, 0.15) is 36.6 Å². The Morgan fingerprint density at radius 3 is 2.27 bits per heavy atom. The molecule has 3 N–H and O–H groups in total. The Bertz CT molecular complexity index is 1690. The van der Waals surface area contributed by atoms with E-state index < -0.39 is 31.0 Å². The summed E-state index contributed by atoms with van der Waals surface area (Å²) in [7, 11) is -1.31. The summed E-state index contributed by atoms with van der Waals surface area (Å²) in [4.78, 5) is 29.4. The molecule has 10 heteroatoms. The third-order valence-electron chi connectivity index (χ3n) is 8.71. The van der Waals surface area contributed by atoms with Gasteiger partial charge in [-0.3, -0.25) is 14.5 Å². The zero-order valence-corrected chi connectivity index (χ0v) is 23.8. The molecule has 0 bridgehead atoms. The van der Waals surface area contributed by atoms with E-state index in [1.54, 1.807) is 24.3 Å². The van der Waals surface area contributed by atoms with Crippen LogP contribution in [0.3, 0.4) is 0 Å². The first kappa shape index (κ1) is 28.2. The van der Waals surface area contributed by atoms with Gasteiger partial charge in [0.2, 0.25) is 11.8 Å². The number of aliphatic hydroxyl groups excluding tert-OH is 1. The number of ether oxygens (including phenoxy) is 1. The Morgan fingerprint density at radius 2 is 1.57 bits per heavy atom. The first-order valence-corrected chi connectivity index (χ1v) is 14.7. The summed E-state index contributed by atoms with van der Waals surface area (Å²) in [5, 5.41) is 24.1. The van der Waals surface area contributed by atoms with Crippen molar-refractivity contribution in [2.45, 2.75) is 25.6 Å². The van der Waals surface area contributed by atoms with Crippen molar-refractivity contribution in [2.24, 2.45) is 17.8 Å². The molecule has 3 aliphatic rings. The molecule has 7 rings (SSSR count). The number of anilines is 3. The summed E-state index contributed by atoms with van der Waals surface area (Å²) < 4.78 is 17.8. The fraction of sp³-hybridized carbons (Fsp3) is 0.235. The van der Waals surface area contributed by atoms with Crippen molar-refractivity contribution in [3.63, 3.8) is 0 Å². The van der Waals surface area contributed by atoms with Gasteiger partial charge in [0.25, 0.3) is 0 Å². The van der Waals surface area contributed by atoms with Gasteiger partial charge in [-0.25, -0.2) is 0 Å². The molecular formula is C34H31BN2O7. The molecule has 0 saturated carbocycles. The quantitative estimate of drug-likeness (QED) is 0.189. The maximum atomic E-state index is 14.1. The van der Waals surface area contributed by atoms with Crippen LogP contribution < -0.4 is 15.0 Å². The van der Waals surface area contributed by atoms with Crippen LogP contribution in [0.2, 0.25) is 0 Å². The number of para-hydroxylation sites is 2. The Labute approximate surface area is 254 Å². The molecule has 2 aliphatic heterocycles. The van der Waals surface area contributed by atoms with Crippen molar-refractivity contribution in [1.82, 2.24) is 0 Å². The molecule has 222 valence electrons. The van der Waals surface area contributed by atoms with Crippen LogP contribution in [0.4, 0.5) is 17.1 Å². The van der Waals surface area contributed by atoms with E-state index in [2.05, 4.69) is 5.32 Å². The van der Waals surface area contributed by atoms with Crippen LogP contribution in [0.5, 0.6) is 5.75 Å². The molecular weight excluding hydrogens is 559 g/mol. The maximum absolute atomic E-state index is 14.1. The molecule has 3 aromatic carbocycles. The van der Waals surface area contributed by atoms with E-state index in [1.807, 2.05) is 72.8 Å². The number of hydrogen-bond acceptors (Lipinski definition) is 8. The summed E-state index contributed by atoms with van der Waals surface area (Å²) in [5.74, 6) is -0.824. The van der Waals surface area contributed by atoms with E-state index in [1.165, 1.54) is 4.90 Å².